The van der Waals surface area contributed by atoms with Gasteiger partial charge in [0.05, 0.1) is 0 Å². The fourth-order valence-electron chi connectivity index (χ4n) is 0. The Morgan fingerprint density at radius 3 is 1.14 bits per heavy atom. The Balaban J connectivity index is -0.0000000800. The van der Waals surface area contributed by atoms with Gasteiger partial charge >= 0.3 is 10.4 Å². The van der Waals surface area contributed by atoms with Crippen LogP contribution in [0.2, 0.25) is 0 Å². The van der Waals surface area contributed by atoms with Crippen molar-refractivity contribution in [2.75, 3.05) is 0 Å². The molecule has 0 aromatic heterocycles. The van der Waals surface area contributed by atoms with E-state index in [0.29, 0.717) is 0 Å². The number of rotatable bonds is 0. The van der Waals surface area contributed by atoms with Crippen LogP contribution in [0.25, 0.3) is 0 Å². The van der Waals surface area contributed by atoms with Crippen LogP contribution >= 0.6 is 0 Å². The van der Waals surface area contributed by atoms with E-state index >= 15 is 0 Å². The van der Waals surface area contributed by atoms with E-state index in [4.69, 9.17) is 17.5 Å². The van der Waals surface area contributed by atoms with Gasteiger partial charge in [0.15, 0.2) is 0 Å². The SMILES string of the molecule is O.O=S(=O)(O)O.[Ir]. The molecule has 0 unspecified atom stereocenters. The second kappa shape index (κ2) is 4.63. The molecule has 0 rings (SSSR count). The Hall–Kier alpha value is 0.479. The van der Waals surface area contributed by atoms with Crippen LogP contribution in [-0.2, 0) is 30.5 Å². The Kier molecular flexibility index (Phi) is 10.4. The van der Waals surface area contributed by atoms with Crippen molar-refractivity contribution in [1.29, 1.82) is 0 Å². The van der Waals surface area contributed by atoms with Crippen LogP contribution < -0.4 is 0 Å². The van der Waals surface area contributed by atoms with Crippen LogP contribution in [0.5, 0.6) is 0 Å². The molecule has 0 aliphatic carbocycles. The maximum Gasteiger partial charge on any atom is 0.394 e. The summed E-state index contributed by atoms with van der Waals surface area (Å²) in [6.45, 7) is 0. The zero-order chi connectivity index (χ0) is 4.50. The van der Waals surface area contributed by atoms with E-state index in [1.54, 1.807) is 0 Å². The minimum absolute atomic E-state index is 0. The summed E-state index contributed by atoms with van der Waals surface area (Å²) in [6, 6.07) is 0. The molecule has 7 heteroatoms. The van der Waals surface area contributed by atoms with Crippen LogP contribution in [-0.4, -0.2) is 23.0 Å². The number of hydrogen-bond donors (Lipinski definition) is 2. The summed E-state index contributed by atoms with van der Waals surface area (Å²) in [7, 11) is -4.67. The van der Waals surface area contributed by atoms with Gasteiger partial charge in [-0.25, -0.2) is 0 Å². The van der Waals surface area contributed by atoms with Crippen molar-refractivity contribution < 1.29 is 43.1 Å². The maximum absolute atomic E-state index is 8.74. The first-order valence-corrected chi connectivity index (χ1v) is 2.10. The maximum atomic E-state index is 8.74. The van der Waals surface area contributed by atoms with Gasteiger partial charge in [0.1, 0.15) is 0 Å². The van der Waals surface area contributed by atoms with Crippen LogP contribution in [0.15, 0.2) is 0 Å². The standard InChI is InChI=1S/Ir.H2O4S.H2O/c;1-5(2,3)4;/h;(H2,1,2,3,4);1H2. The number of hydrogen-bond acceptors (Lipinski definition) is 2. The molecule has 0 saturated heterocycles. The van der Waals surface area contributed by atoms with Gasteiger partial charge < -0.3 is 5.48 Å². The topological polar surface area (TPSA) is 106 Å². The summed E-state index contributed by atoms with van der Waals surface area (Å²) < 4.78 is 31.6. The van der Waals surface area contributed by atoms with Crippen molar-refractivity contribution in [3.05, 3.63) is 0 Å². The smallest absolute Gasteiger partial charge is 0.394 e. The summed E-state index contributed by atoms with van der Waals surface area (Å²) in [6.07, 6.45) is 0. The molecule has 7 heavy (non-hydrogen) atoms. The normalized spacial score (nSPS) is 8.29. The first-order valence-electron chi connectivity index (χ1n) is 0.698. The summed E-state index contributed by atoms with van der Waals surface area (Å²) in [5.41, 5.74) is 0. The Morgan fingerprint density at radius 1 is 1.14 bits per heavy atom. The second-order valence-corrected chi connectivity index (χ2v) is 1.34. The molecule has 0 bridgehead atoms. The fourth-order valence-corrected chi connectivity index (χ4v) is 0. The molecule has 4 N–H and O–H groups in total. The zero-order valence-corrected chi connectivity index (χ0v) is 6.16. The molecule has 0 amide bonds. The van der Waals surface area contributed by atoms with Crippen molar-refractivity contribution in [2.45, 2.75) is 0 Å². The molecule has 0 atom stereocenters. The quantitative estimate of drug-likeness (QED) is 0.532. The molecular formula is H4IrO5S. The Morgan fingerprint density at radius 2 is 1.14 bits per heavy atom. The van der Waals surface area contributed by atoms with Gasteiger partial charge in [0.2, 0.25) is 0 Å². The summed E-state index contributed by atoms with van der Waals surface area (Å²) in [5.74, 6) is 0. The van der Waals surface area contributed by atoms with E-state index in [2.05, 4.69) is 0 Å². The van der Waals surface area contributed by atoms with Crippen molar-refractivity contribution in [2.24, 2.45) is 0 Å². The predicted octanol–water partition coefficient (Wildman–Crippen LogP) is -1.48. The van der Waals surface area contributed by atoms with E-state index in [1.807, 2.05) is 0 Å². The van der Waals surface area contributed by atoms with E-state index < -0.39 is 10.4 Å². The molecule has 0 aromatic carbocycles. The fraction of sp³-hybridized carbons (Fsp3) is 0. The van der Waals surface area contributed by atoms with Crippen molar-refractivity contribution >= 4 is 10.4 Å². The monoisotopic (exact) mass is 309 g/mol. The molecule has 1 radical (unpaired) electrons. The molecule has 0 aliphatic heterocycles. The average Bonchev–Trinajstić information content (AvgIpc) is 0.722. The molecule has 0 aromatic rings. The third-order valence-corrected chi connectivity index (χ3v) is 0. The molecule has 0 heterocycles. The van der Waals surface area contributed by atoms with Gasteiger partial charge in [-0.2, -0.15) is 8.42 Å². The van der Waals surface area contributed by atoms with E-state index in [1.165, 1.54) is 0 Å². The van der Waals surface area contributed by atoms with Gasteiger partial charge in [0, 0.05) is 20.1 Å². The van der Waals surface area contributed by atoms with Crippen molar-refractivity contribution in [3.8, 4) is 0 Å². The largest absolute Gasteiger partial charge is 0.412 e. The second-order valence-electron chi connectivity index (χ2n) is 0.448. The van der Waals surface area contributed by atoms with Gasteiger partial charge in [-0.1, -0.05) is 0 Å². The van der Waals surface area contributed by atoms with Gasteiger partial charge in [-0.05, 0) is 0 Å². The first-order chi connectivity index (χ1) is 2.00. The molecule has 0 saturated carbocycles. The van der Waals surface area contributed by atoms with E-state index in [0.717, 1.165) is 0 Å². The van der Waals surface area contributed by atoms with Gasteiger partial charge in [-0.15, -0.1) is 0 Å². The molecule has 0 spiro atoms. The third kappa shape index (κ3) is 566. The summed E-state index contributed by atoms with van der Waals surface area (Å²) in [5, 5.41) is 0. The van der Waals surface area contributed by atoms with Gasteiger partial charge in [-0.3, -0.25) is 9.11 Å². The zero-order valence-electron chi connectivity index (χ0n) is 2.95. The minimum atomic E-state index is -4.67. The molecule has 49 valence electrons. The minimum Gasteiger partial charge on any atom is -0.412 e. The Bertz CT molecular complexity index is 91.2. The van der Waals surface area contributed by atoms with Crippen molar-refractivity contribution in [1.82, 2.24) is 0 Å². The predicted molar refractivity (Wildman–Crippen MR) is 17.8 cm³/mol. The summed E-state index contributed by atoms with van der Waals surface area (Å²) >= 11 is 0. The van der Waals surface area contributed by atoms with Crippen molar-refractivity contribution in [3.63, 3.8) is 0 Å². The summed E-state index contributed by atoms with van der Waals surface area (Å²) in [4.78, 5) is 0. The average molecular weight is 308 g/mol. The third-order valence-electron chi connectivity index (χ3n) is 0. The van der Waals surface area contributed by atoms with E-state index in [9.17, 15) is 0 Å². The van der Waals surface area contributed by atoms with Crippen LogP contribution in [0, 0.1) is 0 Å². The molecule has 0 fully saturated rings. The molecular weight excluding hydrogens is 304 g/mol. The molecule has 5 nitrogen and oxygen atoms in total. The van der Waals surface area contributed by atoms with E-state index in [-0.39, 0.29) is 25.6 Å². The van der Waals surface area contributed by atoms with Crippen LogP contribution in [0.3, 0.4) is 0 Å². The first kappa shape index (κ1) is 15.6. The van der Waals surface area contributed by atoms with Crippen LogP contribution in [0.1, 0.15) is 0 Å². The molecule has 0 aliphatic rings. The van der Waals surface area contributed by atoms with Gasteiger partial charge in [0.25, 0.3) is 0 Å². The Labute approximate surface area is 54.0 Å². The van der Waals surface area contributed by atoms with Crippen LogP contribution in [0.4, 0.5) is 0 Å².